The van der Waals surface area contributed by atoms with Crippen LogP contribution in [-0.2, 0) is 0 Å². The number of halogens is 4. The topological polar surface area (TPSA) is 0 Å². The first-order valence-electron chi connectivity index (χ1n) is 9.77. The van der Waals surface area contributed by atoms with Crippen molar-refractivity contribution in [3.05, 3.63) is 11.9 Å². The Bertz CT molecular complexity index is 445. The summed E-state index contributed by atoms with van der Waals surface area (Å²) in [6.07, 6.45) is 7.52. The van der Waals surface area contributed by atoms with Crippen molar-refractivity contribution < 1.29 is 17.6 Å². The highest BCUT2D eigenvalue weighted by Crippen LogP contribution is 2.49. The maximum atomic E-state index is 13.1. The summed E-state index contributed by atoms with van der Waals surface area (Å²) in [5.41, 5.74) is 0. The first kappa shape index (κ1) is 18.3. The molecule has 24 heavy (non-hydrogen) atoms. The monoisotopic (exact) mass is 346 g/mol. The Hall–Kier alpha value is -0.540. The van der Waals surface area contributed by atoms with Gasteiger partial charge in [-0.15, -0.1) is 0 Å². The van der Waals surface area contributed by atoms with E-state index in [1.807, 2.05) is 0 Å². The van der Waals surface area contributed by atoms with Gasteiger partial charge >= 0.3 is 6.18 Å². The zero-order chi connectivity index (χ0) is 17.3. The van der Waals surface area contributed by atoms with Crippen molar-refractivity contribution in [3.63, 3.8) is 0 Å². The van der Waals surface area contributed by atoms with Gasteiger partial charge in [-0.25, -0.2) is 4.39 Å². The van der Waals surface area contributed by atoms with Gasteiger partial charge in [0.25, 0.3) is 0 Å². The van der Waals surface area contributed by atoms with Crippen LogP contribution in [0.4, 0.5) is 17.6 Å². The van der Waals surface area contributed by atoms with Crippen molar-refractivity contribution in [2.75, 3.05) is 0 Å². The predicted molar refractivity (Wildman–Crippen MR) is 88.0 cm³/mol. The van der Waals surface area contributed by atoms with Crippen LogP contribution in [0.25, 0.3) is 0 Å². The molecule has 0 heterocycles. The van der Waals surface area contributed by atoms with Gasteiger partial charge in [0.15, 0.2) is 5.83 Å². The summed E-state index contributed by atoms with van der Waals surface area (Å²) in [6.45, 7) is 2.37. The molecule has 0 aromatic heterocycles. The van der Waals surface area contributed by atoms with Crippen LogP contribution in [0.15, 0.2) is 11.9 Å². The van der Waals surface area contributed by atoms with Gasteiger partial charge in [-0.05, 0) is 99.4 Å². The molecule has 0 bridgehead atoms. The number of rotatable bonds is 2. The molecule has 3 saturated carbocycles. The van der Waals surface area contributed by atoms with Gasteiger partial charge in [0, 0.05) is 0 Å². The van der Waals surface area contributed by atoms with Crippen molar-refractivity contribution in [3.8, 4) is 0 Å². The number of hydrogen-bond acceptors (Lipinski definition) is 0. The summed E-state index contributed by atoms with van der Waals surface area (Å²) in [5, 5.41) is 0. The Balaban J connectivity index is 1.49. The van der Waals surface area contributed by atoms with E-state index in [0.717, 1.165) is 55.4 Å². The summed E-state index contributed by atoms with van der Waals surface area (Å²) < 4.78 is 50.0. The van der Waals surface area contributed by atoms with Crippen LogP contribution >= 0.6 is 0 Å². The third-order valence-electron chi connectivity index (χ3n) is 7.05. The van der Waals surface area contributed by atoms with E-state index in [-0.39, 0.29) is 5.92 Å². The molecule has 3 aliphatic rings. The van der Waals surface area contributed by atoms with Crippen molar-refractivity contribution in [1.82, 2.24) is 0 Å². The first-order valence-corrected chi connectivity index (χ1v) is 9.77. The standard InChI is InChI=1S/C20H30F4/c1-13-2-5-18-12-17(9-8-16(18)10-13)15-6-3-14(4-7-15)11-19(21)20(22,23)24/h11,13-18H,2-10,12H2,1H3. The number of hydrogen-bond donors (Lipinski definition) is 0. The summed E-state index contributed by atoms with van der Waals surface area (Å²) >= 11 is 0. The zero-order valence-corrected chi connectivity index (χ0v) is 14.6. The molecule has 0 aliphatic heterocycles. The number of fused-ring (bicyclic) bond motifs is 1. The third-order valence-corrected chi connectivity index (χ3v) is 7.05. The highest BCUT2D eigenvalue weighted by molar-refractivity contribution is 5.03. The molecule has 4 heteroatoms. The summed E-state index contributed by atoms with van der Waals surface area (Å²) in [7, 11) is 0. The van der Waals surface area contributed by atoms with E-state index in [0.29, 0.717) is 5.92 Å². The number of allylic oxidation sites excluding steroid dienone is 2. The van der Waals surface area contributed by atoms with E-state index in [9.17, 15) is 17.6 Å². The van der Waals surface area contributed by atoms with E-state index in [2.05, 4.69) is 6.92 Å². The van der Waals surface area contributed by atoms with E-state index in [4.69, 9.17) is 0 Å². The van der Waals surface area contributed by atoms with Crippen molar-refractivity contribution in [2.24, 2.45) is 35.5 Å². The highest BCUT2D eigenvalue weighted by Gasteiger charge is 2.39. The molecule has 138 valence electrons. The van der Waals surface area contributed by atoms with Crippen LogP contribution in [0.1, 0.15) is 71.1 Å². The molecule has 0 aromatic rings. The smallest absolute Gasteiger partial charge is 0.202 e. The van der Waals surface area contributed by atoms with Gasteiger partial charge in [-0.1, -0.05) is 13.3 Å². The summed E-state index contributed by atoms with van der Waals surface area (Å²) in [5.74, 6) is 1.98. The van der Waals surface area contributed by atoms with E-state index < -0.39 is 12.0 Å². The zero-order valence-electron chi connectivity index (χ0n) is 14.6. The molecule has 4 unspecified atom stereocenters. The normalized spacial score (nSPS) is 41.8. The van der Waals surface area contributed by atoms with Crippen LogP contribution in [0, 0.1) is 35.5 Å². The molecule has 3 aliphatic carbocycles. The molecular weight excluding hydrogens is 316 g/mol. The summed E-state index contributed by atoms with van der Waals surface area (Å²) in [6, 6.07) is 0. The Morgan fingerprint density at radius 1 is 0.750 bits per heavy atom. The minimum Gasteiger partial charge on any atom is -0.202 e. The Kier molecular flexibility index (Phi) is 5.61. The second kappa shape index (κ2) is 7.37. The van der Waals surface area contributed by atoms with Crippen molar-refractivity contribution in [2.45, 2.75) is 77.3 Å². The average molecular weight is 346 g/mol. The molecule has 0 aromatic carbocycles. The largest absolute Gasteiger partial charge is 0.442 e. The van der Waals surface area contributed by atoms with Gasteiger partial charge in [-0.3, -0.25) is 0 Å². The fourth-order valence-corrected chi connectivity index (χ4v) is 5.67. The van der Waals surface area contributed by atoms with E-state index >= 15 is 0 Å². The highest BCUT2D eigenvalue weighted by atomic mass is 19.4. The minimum atomic E-state index is -4.81. The molecular formula is C20H30F4. The maximum absolute atomic E-state index is 13.1. The molecule has 3 fully saturated rings. The van der Waals surface area contributed by atoms with Crippen LogP contribution in [-0.4, -0.2) is 6.18 Å². The van der Waals surface area contributed by atoms with E-state index in [1.165, 1.54) is 38.5 Å². The summed E-state index contributed by atoms with van der Waals surface area (Å²) in [4.78, 5) is 0. The number of alkyl halides is 3. The van der Waals surface area contributed by atoms with Crippen molar-refractivity contribution >= 4 is 0 Å². The van der Waals surface area contributed by atoms with Gasteiger partial charge in [-0.2, -0.15) is 13.2 Å². The lowest BCUT2D eigenvalue weighted by molar-refractivity contribution is -0.109. The van der Waals surface area contributed by atoms with Crippen LogP contribution in [0.2, 0.25) is 0 Å². The minimum absolute atomic E-state index is 0.227. The van der Waals surface area contributed by atoms with Gasteiger partial charge < -0.3 is 0 Å². The molecule has 0 radical (unpaired) electrons. The fraction of sp³-hybridized carbons (Fsp3) is 0.900. The lowest BCUT2D eigenvalue weighted by atomic mass is 9.61. The Morgan fingerprint density at radius 3 is 1.88 bits per heavy atom. The molecule has 3 rings (SSSR count). The van der Waals surface area contributed by atoms with Crippen LogP contribution in [0.3, 0.4) is 0 Å². The van der Waals surface area contributed by atoms with Gasteiger partial charge in [0.1, 0.15) is 0 Å². The first-order chi connectivity index (χ1) is 11.3. The molecule has 0 amide bonds. The molecule has 4 atom stereocenters. The predicted octanol–water partition coefficient (Wildman–Crippen LogP) is 7.06. The van der Waals surface area contributed by atoms with E-state index in [1.54, 1.807) is 0 Å². The van der Waals surface area contributed by atoms with Crippen molar-refractivity contribution in [1.29, 1.82) is 0 Å². The second-order valence-electron chi connectivity index (χ2n) is 8.70. The average Bonchev–Trinajstić information content (AvgIpc) is 2.54. The SMILES string of the molecule is CC1CCC2CC(C3CCC(C=C(F)C(F)(F)F)CC3)CCC2C1. The molecule has 0 nitrogen and oxygen atoms in total. The lowest BCUT2D eigenvalue weighted by Gasteiger charge is -2.44. The van der Waals surface area contributed by atoms with Crippen LogP contribution < -0.4 is 0 Å². The second-order valence-corrected chi connectivity index (χ2v) is 8.70. The lowest BCUT2D eigenvalue weighted by Crippen LogP contribution is -2.34. The maximum Gasteiger partial charge on any atom is 0.442 e. The molecule has 0 saturated heterocycles. The van der Waals surface area contributed by atoms with Crippen LogP contribution in [0.5, 0.6) is 0 Å². The molecule has 0 spiro atoms. The Morgan fingerprint density at radius 2 is 1.25 bits per heavy atom. The molecule has 0 N–H and O–H groups in total. The third kappa shape index (κ3) is 4.35. The Labute approximate surface area is 143 Å². The quantitative estimate of drug-likeness (QED) is 0.469. The van der Waals surface area contributed by atoms with Gasteiger partial charge in [0.05, 0.1) is 0 Å². The fourth-order valence-electron chi connectivity index (χ4n) is 5.67. The van der Waals surface area contributed by atoms with Gasteiger partial charge in [0.2, 0.25) is 0 Å².